The maximum absolute atomic E-state index is 13.0. The van der Waals surface area contributed by atoms with Crippen molar-refractivity contribution < 1.29 is 9.13 Å². The Kier molecular flexibility index (Phi) is 2.68. The molecule has 1 aliphatic rings. The van der Waals surface area contributed by atoms with Gasteiger partial charge in [0.25, 0.3) is 0 Å². The van der Waals surface area contributed by atoms with E-state index in [1.54, 1.807) is 0 Å². The Morgan fingerprint density at radius 3 is 3.20 bits per heavy atom. The maximum atomic E-state index is 13.0. The van der Waals surface area contributed by atoms with Gasteiger partial charge in [-0.05, 0) is 12.8 Å². The molecule has 2 rings (SSSR count). The second-order valence-corrected chi connectivity index (χ2v) is 3.54. The zero-order chi connectivity index (χ0) is 10.8. The molecule has 0 saturated carbocycles. The number of hydrogen-bond donors (Lipinski definition) is 1. The van der Waals surface area contributed by atoms with Gasteiger partial charge >= 0.3 is 5.69 Å². The van der Waals surface area contributed by atoms with Gasteiger partial charge in [0, 0.05) is 12.8 Å². The number of anilines is 1. The first-order valence-corrected chi connectivity index (χ1v) is 4.81. The lowest BCUT2D eigenvalue weighted by molar-refractivity contribution is 0.0955. The van der Waals surface area contributed by atoms with Crippen molar-refractivity contribution in [2.24, 2.45) is 0 Å². The van der Waals surface area contributed by atoms with Crippen LogP contribution in [0.3, 0.4) is 0 Å². The Balaban J connectivity index is 2.20. The first-order valence-electron chi connectivity index (χ1n) is 4.81. The van der Waals surface area contributed by atoms with Crippen LogP contribution in [0.1, 0.15) is 12.8 Å². The monoisotopic (exact) mass is 213 g/mol. The number of aromatic nitrogens is 2. The molecule has 0 aliphatic carbocycles. The summed E-state index contributed by atoms with van der Waals surface area (Å²) in [5, 5.41) is 0. The van der Waals surface area contributed by atoms with E-state index in [0.717, 1.165) is 19.0 Å². The van der Waals surface area contributed by atoms with E-state index in [-0.39, 0.29) is 11.9 Å². The third-order valence-electron chi connectivity index (χ3n) is 2.40. The van der Waals surface area contributed by atoms with E-state index in [1.807, 2.05) is 0 Å². The smallest absolute Gasteiger partial charge is 0.349 e. The van der Waals surface area contributed by atoms with Crippen LogP contribution >= 0.6 is 0 Å². The standard InChI is InChI=1S/C9H12FN3O2/c10-7-5-13(9(14)12-8(7)11)4-6-2-1-3-15-6/h5-6H,1-4H2,(H2,11,12,14). The minimum absolute atomic E-state index is 0.0208. The minimum atomic E-state index is -0.674. The Labute approximate surface area is 85.7 Å². The Morgan fingerprint density at radius 1 is 1.73 bits per heavy atom. The summed E-state index contributed by atoms with van der Waals surface area (Å²) in [4.78, 5) is 14.7. The van der Waals surface area contributed by atoms with E-state index in [4.69, 9.17) is 10.5 Å². The van der Waals surface area contributed by atoms with Gasteiger partial charge in [-0.3, -0.25) is 4.57 Å². The van der Waals surface area contributed by atoms with Crippen molar-refractivity contribution in [1.82, 2.24) is 9.55 Å². The first kappa shape index (κ1) is 10.1. The van der Waals surface area contributed by atoms with Crippen molar-refractivity contribution in [3.8, 4) is 0 Å². The highest BCUT2D eigenvalue weighted by molar-refractivity contribution is 5.26. The van der Waals surface area contributed by atoms with Gasteiger partial charge < -0.3 is 10.5 Å². The molecule has 2 heterocycles. The highest BCUT2D eigenvalue weighted by atomic mass is 19.1. The molecule has 0 spiro atoms. The molecule has 82 valence electrons. The van der Waals surface area contributed by atoms with Crippen molar-refractivity contribution in [1.29, 1.82) is 0 Å². The van der Waals surface area contributed by atoms with E-state index < -0.39 is 11.5 Å². The molecule has 0 bridgehead atoms. The lowest BCUT2D eigenvalue weighted by atomic mass is 10.2. The third kappa shape index (κ3) is 2.15. The van der Waals surface area contributed by atoms with E-state index in [2.05, 4.69) is 4.98 Å². The molecule has 1 aliphatic heterocycles. The molecule has 1 fully saturated rings. The lowest BCUT2D eigenvalue weighted by Gasteiger charge is -2.11. The van der Waals surface area contributed by atoms with Gasteiger partial charge in [-0.2, -0.15) is 4.98 Å². The average molecular weight is 213 g/mol. The summed E-state index contributed by atoms with van der Waals surface area (Å²) in [5.74, 6) is -1.03. The highest BCUT2D eigenvalue weighted by Crippen LogP contribution is 2.13. The van der Waals surface area contributed by atoms with Crippen LogP contribution < -0.4 is 11.4 Å². The molecule has 6 heteroatoms. The highest BCUT2D eigenvalue weighted by Gasteiger charge is 2.17. The average Bonchev–Trinajstić information content (AvgIpc) is 2.67. The molecule has 5 nitrogen and oxygen atoms in total. The number of halogens is 1. The fraction of sp³-hybridized carbons (Fsp3) is 0.556. The SMILES string of the molecule is Nc1nc(=O)n(CC2CCCO2)cc1F. The molecule has 2 N–H and O–H groups in total. The van der Waals surface area contributed by atoms with Crippen LogP contribution in [0.4, 0.5) is 10.2 Å². The van der Waals surface area contributed by atoms with Crippen molar-refractivity contribution in [2.45, 2.75) is 25.5 Å². The fourth-order valence-electron chi connectivity index (χ4n) is 1.62. The summed E-state index contributed by atoms with van der Waals surface area (Å²) in [6, 6.07) is 0. The molecule has 0 radical (unpaired) electrons. The summed E-state index contributed by atoms with van der Waals surface area (Å²) in [6.45, 7) is 1.04. The number of nitrogens with two attached hydrogens (primary N) is 1. The normalized spacial score (nSPS) is 20.7. The number of rotatable bonds is 2. The largest absolute Gasteiger partial charge is 0.381 e. The van der Waals surface area contributed by atoms with E-state index in [0.29, 0.717) is 13.2 Å². The minimum Gasteiger partial charge on any atom is -0.381 e. The lowest BCUT2D eigenvalue weighted by Crippen LogP contribution is -2.29. The number of hydrogen-bond acceptors (Lipinski definition) is 4. The van der Waals surface area contributed by atoms with Gasteiger partial charge in [0.05, 0.1) is 12.6 Å². The van der Waals surface area contributed by atoms with Crippen LogP contribution in [0, 0.1) is 5.82 Å². The summed E-state index contributed by atoms with van der Waals surface area (Å²) in [7, 11) is 0. The van der Waals surface area contributed by atoms with Crippen molar-refractivity contribution in [2.75, 3.05) is 12.3 Å². The second kappa shape index (κ2) is 3.98. The quantitative estimate of drug-likeness (QED) is 0.758. The van der Waals surface area contributed by atoms with Crippen LogP contribution in [-0.4, -0.2) is 22.3 Å². The Morgan fingerprint density at radius 2 is 2.53 bits per heavy atom. The molecular weight excluding hydrogens is 201 g/mol. The Hall–Kier alpha value is -1.43. The fourth-order valence-corrected chi connectivity index (χ4v) is 1.62. The number of ether oxygens (including phenoxy) is 1. The van der Waals surface area contributed by atoms with Gasteiger partial charge in [0.1, 0.15) is 0 Å². The number of nitrogen functional groups attached to an aromatic ring is 1. The van der Waals surface area contributed by atoms with Crippen LogP contribution in [0.2, 0.25) is 0 Å². The van der Waals surface area contributed by atoms with Gasteiger partial charge in [-0.25, -0.2) is 9.18 Å². The molecule has 0 aromatic carbocycles. The van der Waals surface area contributed by atoms with E-state index in [9.17, 15) is 9.18 Å². The number of nitrogens with zero attached hydrogens (tertiary/aromatic N) is 2. The van der Waals surface area contributed by atoms with Crippen molar-refractivity contribution in [3.05, 3.63) is 22.5 Å². The van der Waals surface area contributed by atoms with Crippen LogP contribution in [0.25, 0.3) is 0 Å². The predicted molar refractivity (Wildman–Crippen MR) is 51.8 cm³/mol. The molecule has 1 saturated heterocycles. The predicted octanol–water partition coefficient (Wildman–Crippen LogP) is 0.144. The summed E-state index contributed by atoms with van der Waals surface area (Å²) in [5.41, 5.74) is 4.63. The third-order valence-corrected chi connectivity index (χ3v) is 2.40. The zero-order valence-corrected chi connectivity index (χ0v) is 8.15. The molecule has 1 atom stereocenters. The van der Waals surface area contributed by atoms with Crippen LogP contribution in [0.5, 0.6) is 0 Å². The van der Waals surface area contributed by atoms with Gasteiger partial charge in [0.15, 0.2) is 11.6 Å². The van der Waals surface area contributed by atoms with Gasteiger partial charge in [0.2, 0.25) is 0 Å². The zero-order valence-electron chi connectivity index (χ0n) is 8.15. The topological polar surface area (TPSA) is 70.1 Å². The maximum Gasteiger partial charge on any atom is 0.349 e. The summed E-state index contributed by atoms with van der Waals surface area (Å²) >= 11 is 0. The van der Waals surface area contributed by atoms with Gasteiger partial charge in [-0.1, -0.05) is 0 Å². The molecule has 0 amide bonds. The van der Waals surface area contributed by atoms with E-state index in [1.165, 1.54) is 4.57 Å². The summed E-state index contributed by atoms with van der Waals surface area (Å²) in [6.07, 6.45) is 2.92. The molecule has 1 unspecified atom stereocenters. The first-order chi connectivity index (χ1) is 7.16. The van der Waals surface area contributed by atoms with Gasteiger partial charge in [-0.15, -0.1) is 0 Å². The van der Waals surface area contributed by atoms with Crippen molar-refractivity contribution in [3.63, 3.8) is 0 Å². The summed E-state index contributed by atoms with van der Waals surface area (Å²) < 4.78 is 19.6. The molecule has 1 aromatic rings. The molecule has 15 heavy (non-hydrogen) atoms. The second-order valence-electron chi connectivity index (χ2n) is 3.54. The molecule has 1 aromatic heterocycles. The van der Waals surface area contributed by atoms with Crippen LogP contribution in [-0.2, 0) is 11.3 Å². The van der Waals surface area contributed by atoms with E-state index >= 15 is 0 Å². The Bertz CT molecular complexity index is 412. The molecular formula is C9H12FN3O2. The van der Waals surface area contributed by atoms with Crippen molar-refractivity contribution >= 4 is 5.82 Å². The van der Waals surface area contributed by atoms with Crippen LogP contribution in [0.15, 0.2) is 11.0 Å².